The summed E-state index contributed by atoms with van der Waals surface area (Å²) in [7, 11) is 1.53. The number of nitrogens with zero attached hydrogens (tertiary/aromatic N) is 2. The third-order valence-corrected chi connectivity index (χ3v) is 3.52. The molecule has 1 aromatic carbocycles. The molecule has 0 spiro atoms. The highest BCUT2D eigenvalue weighted by atomic mass is 16.5. The second-order valence-electron chi connectivity index (χ2n) is 5.18. The van der Waals surface area contributed by atoms with E-state index in [2.05, 4.69) is 5.10 Å². The fourth-order valence-corrected chi connectivity index (χ4v) is 2.29. The summed E-state index contributed by atoms with van der Waals surface area (Å²) < 4.78 is 6.93. The summed E-state index contributed by atoms with van der Waals surface area (Å²) >= 11 is 0. The zero-order valence-corrected chi connectivity index (χ0v) is 12.7. The van der Waals surface area contributed by atoms with Gasteiger partial charge in [-0.25, -0.2) is 0 Å². The van der Waals surface area contributed by atoms with Gasteiger partial charge in [0.2, 0.25) is 5.78 Å². The Morgan fingerprint density at radius 3 is 2.62 bits per heavy atom. The average Bonchev–Trinajstić information content (AvgIpc) is 2.90. The molecule has 5 heteroatoms. The predicted octanol–water partition coefficient (Wildman–Crippen LogP) is 2.36. The maximum atomic E-state index is 12.9. The number of hydrogen-bond donors (Lipinski definition) is 1. The minimum absolute atomic E-state index is 0.198. The van der Waals surface area contributed by atoms with Gasteiger partial charge in [-0.3, -0.25) is 9.48 Å². The lowest BCUT2D eigenvalue weighted by molar-refractivity contribution is 0.0885. The summed E-state index contributed by atoms with van der Waals surface area (Å²) in [5.74, 6) is 0.262. The highest BCUT2D eigenvalue weighted by Crippen LogP contribution is 2.28. The second-order valence-corrected chi connectivity index (χ2v) is 5.18. The summed E-state index contributed by atoms with van der Waals surface area (Å²) in [6.07, 6.45) is 2.43. The summed E-state index contributed by atoms with van der Waals surface area (Å²) in [5, 5.41) is 4.22. The van der Waals surface area contributed by atoms with Crippen molar-refractivity contribution in [3.63, 3.8) is 0 Å². The van der Waals surface area contributed by atoms with E-state index < -0.39 is 5.54 Å². The molecule has 2 rings (SSSR count). The van der Waals surface area contributed by atoms with E-state index >= 15 is 0 Å². The van der Waals surface area contributed by atoms with Gasteiger partial charge in [-0.1, -0.05) is 37.3 Å². The predicted molar refractivity (Wildman–Crippen MR) is 81.4 cm³/mol. The van der Waals surface area contributed by atoms with Gasteiger partial charge >= 0.3 is 0 Å². The number of rotatable bonds is 6. The van der Waals surface area contributed by atoms with E-state index in [4.69, 9.17) is 10.5 Å². The first-order chi connectivity index (χ1) is 10.0. The first-order valence-corrected chi connectivity index (χ1v) is 7.01. The van der Waals surface area contributed by atoms with E-state index in [1.807, 2.05) is 37.3 Å². The smallest absolute Gasteiger partial charge is 0.208 e. The standard InChI is InChI=1S/C16H21N3O2/c1-4-10-19-14(13(21-3)11-18-19)15(20)16(2,17)12-8-6-5-7-9-12/h5-9,11H,4,10,17H2,1-3H3. The molecule has 0 aliphatic heterocycles. The third kappa shape index (κ3) is 2.83. The number of carbonyl (C=O) groups is 1. The largest absolute Gasteiger partial charge is 0.493 e. The highest BCUT2D eigenvalue weighted by Gasteiger charge is 2.35. The van der Waals surface area contributed by atoms with Crippen molar-refractivity contribution in [3.05, 3.63) is 47.8 Å². The molecule has 0 aliphatic carbocycles. The lowest BCUT2D eigenvalue weighted by atomic mass is 9.87. The van der Waals surface area contributed by atoms with Crippen molar-refractivity contribution in [1.82, 2.24) is 9.78 Å². The number of benzene rings is 1. The van der Waals surface area contributed by atoms with Crippen molar-refractivity contribution in [2.75, 3.05) is 7.11 Å². The molecule has 0 amide bonds. The molecule has 1 aromatic heterocycles. The lowest BCUT2D eigenvalue weighted by Crippen LogP contribution is -2.43. The number of hydrogen-bond acceptors (Lipinski definition) is 4. The Balaban J connectivity index is 2.46. The van der Waals surface area contributed by atoms with Crippen molar-refractivity contribution in [2.24, 2.45) is 5.73 Å². The molecule has 2 aromatic rings. The van der Waals surface area contributed by atoms with Gasteiger partial charge < -0.3 is 10.5 Å². The molecule has 112 valence electrons. The van der Waals surface area contributed by atoms with Gasteiger partial charge in [0.1, 0.15) is 11.2 Å². The number of aromatic nitrogens is 2. The van der Waals surface area contributed by atoms with Gasteiger partial charge in [0.15, 0.2) is 5.75 Å². The van der Waals surface area contributed by atoms with E-state index in [9.17, 15) is 4.79 Å². The first-order valence-electron chi connectivity index (χ1n) is 7.01. The fourth-order valence-electron chi connectivity index (χ4n) is 2.29. The maximum absolute atomic E-state index is 12.9. The highest BCUT2D eigenvalue weighted by molar-refractivity contribution is 6.04. The first kappa shape index (κ1) is 15.3. The molecule has 1 heterocycles. The minimum Gasteiger partial charge on any atom is -0.493 e. The van der Waals surface area contributed by atoms with Crippen LogP contribution in [-0.4, -0.2) is 22.7 Å². The van der Waals surface area contributed by atoms with Crippen LogP contribution in [-0.2, 0) is 12.1 Å². The van der Waals surface area contributed by atoms with E-state index in [0.717, 1.165) is 12.0 Å². The molecule has 0 bridgehead atoms. The zero-order valence-electron chi connectivity index (χ0n) is 12.7. The van der Waals surface area contributed by atoms with Crippen molar-refractivity contribution in [1.29, 1.82) is 0 Å². The van der Waals surface area contributed by atoms with E-state index in [0.29, 0.717) is 18.0 Å². The van der Waals surface area contributed by atoms with Gasteiger partial charge in [0, 0.05) is 6.54 Å². The Kier molecular flexibility index (Phi) is 4.43. The molecule has 21 heavy (non-hydrogen) atoms. The summed E-state index contributed by atoms with van der Waals surface area (Å²) in [4.78, 5) is 12.9. The number of ketones is 1. The van der Waals surface area contributed by atoms with E-state index in [1.54, 1.807) is 17.8 Å². The van der Waals surface area contributed by atoms with Crippen LogP contribution in [0.2, 0.25) is 0 Å². The monoisotopic (exact) mass is 287 g/mol. The van der Waals surface area contributed by atoms with Gasteiger partial charge in [-0.15, -0.1) is 0 Å². The van der Waals surface area contributed by atoms with Crippen molar-refractivity contribution in [3.8, 4) is 5.75 Å². The number of aryl methyl sites for hydroxylation is 1. The lowest BCUT2D eigenvalue weighted by Gasteiger charge is -2.24. The number of methoxy groups -OCH3 is 1. The van der Waals surface area contributed by atoms with Crippen LogP contribution in [0.4, 0.5) is 0 Å². The summed E-state index contributed by atoms with van der Waals surface area (Å²) in [6, 6.07) is 9.34. The molecule has 2 N–H and O–H groups in total. The molecule has 1 atom stereocenters. The van der Waals surface area contributed by atoms with Crippen LogP contribution in [0.25, 0.3) is 0 Å². The second kappa shape index (κ2) is 6.10. The Morgan fingerprint density at radius 1 is 1.38 bits per heavy atom. The number of nitrogens with two attached hydrogens (primary N) is 1. The van der Waals surface area contributed by atoms with E-state index in [-0.39, 0.29) is 5.78 Å². The molecule has 5 nitrogen and oxygen atoms in total. The van der Waals surface area contributed by atoms with Gasteiger partial charge in [0.05, 0.1) is 13.3 Å². The van der Waals surface area contributed by atoms with Crippen LogP contribution in [0, 0.1) is 0 Å². The molecular formula is C16H21N3O2. The summed E-state index contributed by atoms with van der Waals surface area (Å²) in [5.41, 5.74) is 6.38. The Labute approximate surface area is 124 Å². The molecule has 0 radical (unpaired) electrons. The molecule has 1 unspecified atom stereocenters. The number of Topliss-reactive ketones (excluding diaryl/α,β-unsaturated/α-hetero) is 1. The van der Waals surface area contributed by atoms with E-state index in [1.165, 1.54) is 7.11 Å². The van der Waals surface area contributed by atoms with Crippen LogP contribution in [0.5, 0.6) is 5.75 Å². The average molecular weight is 287 g/mol. The van der Waals surface area contributed by atoms with Crippen molar-refractivity contribution >= 4 is 5.78 Å². The topological polar surface area (TPSA) is 70.1 Å². The van der Waals surface area contributed by atoms with Crippen molar-refractivity contribution in [2.45, 2.75) is 32.4 Å². The zero-order chi connectivity index (χ0) is 15.5. The summed E-state index contributed by atoms with van der Waals surface area (Å²) in [6.45, 7) is 4.39. The van der Waals surface area contributed by atoms with Crippen LogP contribution in [0.15, 0.2) is 36.5 Å². The fraction of sp³-hybridized carbons (Fsp3) is 0.375. The van der Waals surface area contributed by atoms with Crippen LogP contribution < -0.4 is 10.5 Å². The molecular weight excluding hydrogens is 266 g/mol. The van der Waals surface area contributed by atoms with Gasteiger partial charge in [0.25, 0.3) is 0 Å². The maximum Gasteiger partial charge on any atom is 0.208 e. The van der Waals surface area contributed by atoms with Gasteiger partial charge in [-0.05, 0) is 18.9 Å². The minimum atomic E-state index is -1.12. The van der Waals surface area contributed by atoms with Gasteiger partial charge in [-0.2, -0.15) is 5.10 Å². The number of ether oxygens (including phenoxy) is 1. The normalized spacial score (nSPS) is 13.7. The van der Waals surface area contributed by atoms with Crippen LogP contribution in [0.3, 0.4) is 0 Å². The van der Waals surface area contributed by atoms with Crippen molar-refractivity contribution < 1.29 is 9.53 Å². The van der Waals surface area contributed by atoms with Crippen LogP contribution in [0.1, 0.15) is 36.3 Å². The molecule has 0 saturated carbocycles. The Morgan fingerprint density at radius 2 is 2.05 bits per heavy atom. The Hall–Kier alpha value is -2.14. The Bertz CT molecular complexity index is 618. The third-order valence-electron chi connectivity index (χ3n) is 3.52. The van der Waals surface area contributed by atoms with Crippen LogP contribution >= 0.6 is 0 Å². The molecule has 0 fully saturated rings. The molecule has 0 aliphatic rings. The number of carbonyl (C=O) groups excluding carboxylic acids is 1. The SMILES string of the molecule is CCCn1ncc(OC)c1C(=O)C(C)(N)c1ccccc1. The molecule has 0 saturated heterocycles. The quantitative estimate of drug-likeness (QED) is 0.828.